The molecule has 2 aromatic carbocycles. The molecule has 0 radical (unpaired) electrons. The predicted molar refractivity (Wildman–Crippen MR) is 110 cm³/mol. The van der Waals surface area contributed by atoms with Gasteiger partial charge < -0.3 is 15.2 Å². The number of rotatable bonds is 7. The van der Waals surface area contributed by atoms with Crippen LogP contribution in [0.5, 0.6) is 0 Å². The van der Waals surface area contributed by atoms with E-state index in [2.05, 4.69) is 10.3 Å². The molecule has 0 saturated carbocycles. The number of carbonyl (C=O) groups is 2. The fourth-order valence-electron chi connectivity index (χ4n) is 3.90. The Morgan fingerprint density at radius 1 is 1.10 bits per heavy atom. The number of nitrogens with zero attached hydrogens (tertiary/aromatic N) is 1. The van der Waals surface area contributed by atoms with E-state index in [4.69, 9.17) is 0 Å². The van der Waals surface area contributed by atoms with Gasteiger partial charge in [0.15, 0.2) is 0 Å². The Bertz CT molecular complexity index is 1060. The van der Waals surface area contributed by atoms with Crippen LogP contribution in [0.1, 0.15) is 17.5 Å². The molecule has 30 heavy (non-hydrogen) atoms. The average molecular weight is 411 g/mol. The summed E-state index contributed by atoms with van der Waals surface area (Å²) in [6.45, 7) is 1.32. The smallest absolute Gasteiger partial charge is 0.225 e. The first-order chi connectivity index (χ1) is 14.5. The van der Waals surface area contributed by atoms with E-state index in [9.17, 15) is 18.4 Å². The van der Waals surface area contributed by atoms with Crippen LogP contribution in [0.3, 0.4) is 0 Å². The zero-order valence-corrected chi connectivity index (χ0v) is 16.5. The van der Waals surface area contributed by atoms with E-state index in [0.717, 1.165) is 22.0 Å². The monoisotopic (exact) mass is 411 g/mol. The highest BCUT2D eigenvalue weighted by molar-refractivity contribution is 5.89. The second-order valence-corrected chi connectivity index (χ2v) is 7.66. The Labute approximate surface area is 173 Å². The minimum atomic E-state index is -0.369. The summed E-state index contributed by atoms with van der Waals surface area (Å²) < 4.78 is 26.5. The van der Waals surface area contributed by atoms with E-state index in [-0.39, 0.29) is 35.8 Å². The van der Waals surface area contributed by atoms with Gasteiger partial charge >= 0.3 is 0 Å². The van der Waals surface area contributed by atoms with Crippen molar-refractivity contribution in [3.63, 3.8) is 0 Å². The van der Waals surface area contributed by atoms with Crippen molar-refractivity contribution in [1.82, 2.24) is 15.2 Å². The molecule has 1 aliphatic rings. The first kappa shape index (κ1) is 20.1. The third kappa shape index (κ3) is 4.50. The molecule has 2 heterocycles. The van der Waals surface area contributed by atoms with Crippen molar-refractivity contribution in [1.29, 1.82) is 0 Å². The standard InChI is InChI=1S/C23H23F2N3O2/c24-18-3-1-15(2-4-18)7-9-26-23(30)17-11-22(29)28(14-17)10-8-16-13-27-21-6-5-19(25)12-20(16)21/h1-6,12-13,17,27H,7-11,14H2,(H,26,30)/t17-/m1/s1. The van der Waals surface area contributed by atoms with Gasteiger partial charge in [-0.15, -0.1) is 0 Å². The summed E-state index contributed by atoms with van der Waals surface area (Å²) >= 11 is 0. The number of hydrogen-bond donors (Lipinski definition) is 2. The molecule has 7 heteroatoms. The van der Waals surface area contributed by atoms with Crippen LogP contribution < -0.4 is 5.32 Å². The molecule has 1 aliphatic heterocycles. The number of fused-ring (bicyclic) bond motifs is 1. The van der Waals surface area contributed by atoms with E-state index in [1.54, 1.807) is 23.1 Å². The van der Waals surface area contributed by atoms with E-state index in [1.165, 1.54) is 24.3 Å². The topological polar surface area (TPSA) is 65.2 Å². The average Bonchev–Trinajstić information content (AvgIpc) is 3.30. The van der Waals surface area contributed by atoms with Gasteiger partial charge in [-0.25, -0.2) is 8.78 Å². The zero-order chi connectivity index (χ0) is 21.1. The van der Waals surface area contributed by atoms with Crippen LogP contribution in [-0.4, -0.2) is 41.3 Å². The van der Waals surface area contributed by atoms with Crippen molar-refractivity contribution in [2.75, 3.05) is 19.6 Å². The van der Waals surface area contributed by atoms with E-state index >= 15 is 0 Å². The lowest BCUT2D eigenvalue weighted by molar-refractivity contribution is -0.129. The summed E-state index contributed by atoms with van der Waals surface area (Å²) in [6, 6.07) is 10.8. The maximum atomic E-state index is 13.5. The van der Waals surface area contributed by atoms with Crippen LogP contribution in [0.25, 0.3) is 10.9 Å². The van der Waals surface area contributed by atoms with Gasteiger partial charge in [-0.05, 0) is 54.3 Å². The van der Waals surface area contributed by atoms with Crippen LogP contribution in [0.2, 0.25) is 0 Å². The summed E-state index contributed by atoms with van der Waals surface area (Å²) in [5.74, 6) is -1.13. The van der Waals surface area contributed by atoms with Gasteiger partial charge in [0.25, 0.3) is 0 Å². The lowest BCUT2D eigenvalue weighted by Crippen LogP contribution is -2.34. The Morgan fingerprint density at radius 2 is 1.87 bits per heavy atom. The molecule has 2 amide bonds. The molecule has 0 bridgehead atoms. The maximum absolute atomic E-state index is 13.5. The second-order valence-electron chi connectivity index (χ2n) is 7.66. The SMILES string of the molecule is O=C(NCCc1ccc(F)cc1)[C@@H]1CC(=O)N(CCc2c[nH]c3ccc(F)cc23)C1. The van der Waals surface area contributed by atoms with Gasteiger partial charge in [0.2, 0.25) is 11.8 Å². The Balaban J connectivity index is 1.27. The van der Waals surface area contributed by atoms with Crippen molar-refractivity contribution >= 4 is 22.7 Å². The molecule has 156 valence electrons. The number of aromatic nitrogens is 1. The van der Waals surface area contributed by atoms with Crippen molar-refractivity contribution in [2.45, 2.75) is 19.3 Å². The lowest BCUT2D eigenvalue weighted by atomic mass is 10.1. The summed E-state index contributed by atoms with van der Waals surface area (Å²) in [5, 5.41) is 3.69. The van der Waals surface area contributed by atoms with Crippen LogP contribution in [0.15, 0.2) is 48.7 Å². The van der Waals surface area contributed by atoms with Crippen molar-refractivity contribution < 1.29 is 18.4 Å². The number of aromatic amines is 1. The van der Waals surface area contributed by atoms with Crippen molar-refractivity contribution in [2.24, 2.45) is 5.92 Å². The molecule has 0 spiro atoms. The highest BCUT2D eigenvalue weighted by atomic mass is 19.1. The van der Waals surface area contributed by atoms with Gasteiger partial charge in [-0.3, -0.25) is 9.59 Å². The summed E-state index contributed by atoms with van der Waals surface area (Å²) in [6.07, 6.45) is 3.23. The minimum absolute atomic E-state index is 0.0419. The van der Waals surface area contributed by atoms with Crippen molar-refractivity contribution in [3.8, 4) is 0 Å². The third-order valence-electron chi connectivity index (χ3n) is 5.59. The predicted octanol–water partition coefficient (Wildman–Crippen LogP) is 3.20. The van der Waals surface area contributed by atoms with Crippen molar-refractivity contribution in [3.05, 3.63) is 71.4 Å². The highest BCUT2D eigenvalue weighted by Gasteiger charge is 2.33. The molecule has 3 aromatic rings. The maximum Gasteiger partial charge on any atom is 0.225 e. The third-order valence-corrected chi connectivity index (χ3v) is 5.59. The molecule has 1 fully saturated rings. The molecule has 4 rings (SSSR count). The Morgan fingerprint density at radius 3 is 2.67 bits per heavy atom. The van der Waals surface area contributed by atoms with Crippen LogP contribution in [0.4, 0.5) is 8.78 Å². The second kappa shape index (κ2) is 8.65. The van der Waals surface area contributed by atoms with E-state index < -0.39 is 0 Å². The van der Waals surface area contributed by atoms with Gasteiger partial charge in [0.1, 0.15) is 11.6 Å². The Hall–Kier alpha value is -3.22. The minimum Gasteiger partial charge on any atom is -0.361 e. The largest absolute Gasteiger partial charge is 0.361 e. The highest BCUT2D eigenvalue weighted by Crippen LogP contribution is 2.22. The summed E-state index contributed by atoms with van der Waals surface area (Å²) in [5.41, 5.74) is 2.75. The molecular weight excluding hydrogens is 388 g/mol. The quantitative estimate of drug-likeness (QED) is 0.627. The number of likely N-dealkylation sites (tertiary alicyclic amines) is 1. The number of carbonyl (C=O) groups excluding carboxylic acids is 2. The van der Waals surface area contributed by atoms with Gasteiger partial charge in [-0.2, -0.15) is 0 Å². The first-order valence-electron chi connectivity index (χ1n) is 10.0. The number of halogens is 2. The van der Waals surface area contributed by atoms with Gasteiger partial charge in [0, 0.05) is 43.2 Å². The summed E-state index contributed by atoms with van der Waals surface area (Å²) in [7, 11) is 0. The molecule has 5 nitrogen and oxygen atoms in total. The van der Waals surface area contributed by atoms with Gasteiger partial charge in [-0.1, -0.05) is 12.1 Å². The first-order valence-corrected chi connectivity index (χ1v) is 10.0. The van der Waals surface area contributed by atoms with Crippen LogP contribution in [0, 0.1) is 17.6 Å². The number of hydrogen-bond acceptors (Lipinski definition) is 2. The number of amides is 2. The lowest BCUT2D eigenvalue weighted by Gasteiger charge is -2.16. The van der Waals surface area contributed by atoms with Crippen LogP contribution >= 0.6 is 0 Å². The molecule has 1 saturated heterocycles. The molecule has 0 unspecified atom stereocenters. The Kier molecular flexibility index (Phi) is 5.79. The van der Waals surface area contributed by atoms with Crippen LogP contribution in [-0.2, 0) is 22.4 Å². The number of H-pyrrole nitrogens is 1. The van der Waals surface area contributed by atoms with Gasteiger partial charge in [0.05, 0.1) is 5.92 Å². The normalized spacial score (nSPS) is 16.4. The molecule has 1 atom stereocenters. The molecular formula is C23H23F2N3O2. The fourth-order valence-corrected chi connectivity index (χ4v) is 3.90. The fraction of sp³-hybridized carbons (Fsp3) is 0.304. The molecule has 2 N–H and O–H groups in total. The molecule has 1 aromatic heterocycles. The van der Waals surface area contributed by atoms with E-state index in [0.29, 0.717) is 32.5 Å². The zero-order valence-electron chi connectivity index (χ0n) is 16.5. The number of benzene rings is 2. The number of nitrogens with one attached hydrogen (secondary N) is 2. The summed E-state index contributed by atoms with van der Waals surface area (Å²) in [4.78, 5) is 29.6. The molecule has 0 aliphatic carbocycles. The van der Waals surface area contributed by atoms with E-state index in [1.807, 2.05) is 6.20 Å².